The molecule has 0 saturated carbocycles. The highest BCUT2D eigenvalue weighted by molar-refractivity contribution is 9.10. The first-order valence-electron chi connectivity index (χ1n) is 6.26. The number of amides is 2. The van der Waals surface area contributed by atoms with Gasteiger partial charge >= 0.3 is 11.8 Å². The summed E-state index contributed by atoms with van der Waals surface area (Å²) < 4.78 is 23.0. The van der Waals surface area contributed by atoms with Gasteiger partial charge in [0.05, 0.1) is 4.90 Å². The van der Waals surface area contributed by atoms with Crippen LogP contribution in [0.25, 0.3) is 0 Å². The average molecular weight is 398 g/mol. The molecule has 0 atom stereocenters. The molecule has 0 spiro atoms. The average Bonchev–Trinajstić information content (AvgIpc) is 2.46. The molecular formula is C14H12BrN3O4S. The van der Waals surface area contributed by atoms with Crippen molar-refractivity contribution in [3.8, 4) is 0 Å². The normalized spacial score (nSPS) is 10.9. The molecule has 0 aromatic heterocycles. The van der Waals surface area contributed by atoms with E-state index in [0.717, 1.165) is 4.47 Å². The fraction of sp³-hybridized carbons (Fsp3) is 0. The Kier molecular flexibility index (Phi) is 5.14. The zero-order valence-electron chi connectivity index (χ0n) is 11.6. The van der Waals surface area contributed by atoms with Crippen LogP contribution in [0.3, 0.4) is 0 Å². The molecule has 4 N–H and O–H groups in total. The maximum atomic E-state index is 11.8. The predicted octanol–water partition coefficient (Wildman–Crippen LogP) is 1.67. The van der Waals surface area contributed by atoms with Gasteiger partial charge in [-0.2, -0.15) is 0 Å². The molecule has 2 amide bonds. The smallest absolute Gasteiger partial charge is 0.314 e. The van der Waals surface area contributed by atoms with Crippen LogP contribution >= 0.6 is 15.9 Å². The number of carbonyl (C=O) groups excluding carboxylic acids is 2. The highest BCUT2D eigenvalue weighted by Gasteiger charge is 2.15. The number of hydrogen-bond donors (Lipinski definition) is 3. The lowest BCUT2D eigenvalue weighted by Gasteiger charge is -2.07. The van der Waals surface area contributed by atoms with Gasteiger partial charge in [-0.05, 0) is 42.5 Å². The third-order valence-electron chi connectivity index (χ3n) is 2.73. The fourth-order valence-electron chi connectivity index (χ4n) is 1.67. The van der Waals surface area contributed by atoms with Crippen LogP contribution in [0.15, 0.2) is 57.9 Å². The van der Waals surface area contributed by atoms with Crippen molar-refractivity contribution >= 4 is 49.1 Å². The number of hydrogen-bond acceptors (Lipinski definition) is 4. The number of anilines is 2. The lowest BCUT2D eigenvalue weighted by atomic mass is 10.3. The summed E-state index contributed by atoms with van der Waals surface area (Å²) in [5.74, 6) is -1.73. The molecule has 0 saturated heterocycles. The maximum absolute atomic E-state index is 11.8. The van der Waals surface area contributed by atoms with Crippen LogP contribution in [0.1, 0.15) is 0 Å². The fourth-order valence-corrected chi connectivity index (χ4v) is 2.58. The van der Waals surface area contributed by atoms with E-state index in [1.54, 1.807) is 24.3 Å². The Hall–Kier alpha value is -2.23. The zero-order valence-corrected chi connectivity index (χ0v) is 14.0. The van der Waals surface area contributed by atoms with E-state index in [9.17, 15) is 18.0 Å². The summed E-state index contributed by atoms with van der Waals surface area (Å²) in [6.45, 7) is 0. The molecule has 0 fully saturated rings. The Bertz CT molecular complexity index is 851. The van der Waals surface area contributed by atoms with Crippen LogP contribution in [0.5, 0.6) is 0 Å². The Labute approximate surface area is 141 Å². The summed E-state index contributed by atoms with van der Waals surface area (Å²) >= 11 is 3.25. The van der Waals surface area contributed by atoms with E-state index in [2.05, 4.69) is 26.6 Å². The third kappa shape index (κ3) is 4.88. The number of sulfonamides is 1. The van der Waals surface area contributed by atoms with Gasteiger partial charge < -0.3 is 10.6 Å². The van der Waals surface area contributed by atoms with Crippen LogP contribution in [0.2, 0.25) is 0 Å². The summed E-state index contributed by atoms with van der Waals surface area (Å²) in [6, 6.07) is 11.9. The summed E-state index contributed by atoms with van der Waals surface area (Å²) in [7, 11) is -3.81. The molecule has 7 nitrogen and oxygen atoms in total. The van der Waals surface area contributed by atoms with Gasteiger partial charge in [0.2, 0.25) is 10.0 Å². The molecule has 0 heterocycles. The summed E-state index contributed by atoms with van der Waals surface area (Å²) in [5, 5.41) is 9.77. The van der Waals surface area contributed by atoms with Crippen molar-refractivity contribution in [1.29, 1.82) is 0 Å². The van der Waals surface area contributed by atoms with Crippen molar-refractivity contribution in [3.63, 3.8) is 0 Å². The SMILES string of the molecule is NS(=O)(=O)c1ccc(NC(=O)C(=O)Nc2cccc(Br)c2)cc1. The lowest BCUT2D eigenvalue weighted by molar-refractivity contribution is -0.132. The van der Waals surface area contributed by atoms with Crippen molar-refractivity contribution in [2.24, 2.45) is 5.14 Å². The zero-order chi connectivity index (χ0) is 17.0. The standard InChI is InChI=1S/C14H12BrN3O4S/c15-9-2-1-3-11(8-9)18-14(20)13(19)17-10-4-6-12(7-5-10)23(16,21)22/h1-8H,(H,17,19)(H,18,20)(H2,16,21,22). The number of nitrogens with two attached hydrogens (primary N) is 1. The summed E-state index contributed by atoms with van der Waals surface area (Å²) in [5.41, 5.74) is 0.732. The quantitative estimate of drug-likeness (QED) is 0.682. The van der Waals surface area contributed by atoms with Gasteiger partial charge in [0, 0.05) is 15.8 Å². The van der Waals surface area contributed by atoms with Crippen LogP contribution in [-0.2, 0) is 19.6 Å². The first kappa shape index (κ1) is 17.1. The first-order chi connectivity index (χ1) is 10.8. The van der Waals surface area contributed by atoms with Gasteiger partial charge in [-0.1, -0.05) is 22.0 Å². The minimum atomic E-state index is -3.81. The van der Waals surface area contributed by atoms with Gasteiger partial charge in [-0.15, -0.1) is 0 Å². The van der Waals surface area contributed by atoms with Crippen LogP contribution in [-0.4, -0.2) is 20.2 Å². The van der Waals surface area contributed by atoms with Gasteiger partial charge in [-0.25, -0.2) is 13.6 Å². The summed E-state index contributed by atoms with van der Waals surface area (Å²) in [6.07, 6.45) is 0. The lowest BCUT2D eigenvalue weighted by Crippen LogP contribution is -2.29. The monoisotopic (exact) mass is 397 g/mol. The van der Waals surface area contributed by atoms with Crippen molar-refractivity contribution in [2.75, 3.05) is 10.6 Å². The Morgan fingerprint density at radius 1 is 0.913 bits per heavy atom. The first-order valence-corrected chi connectivity index (χ1v) is 8.60. The number of primary sulfonamides is 1. The van der Waals surface area contributed by atoms with Crippen LogP contribution < -0.4 is 15.8 Å². The van der Waals surface area contributed by atoms with Crippen LogP contribution in [0.4, 0.5) is 11.4 Å². The van der Waals surface area contributed by atoms with E-state index in [1.165, 1.54) is 24.3 Å². The van der Waals surface area contributed by atoms with Gasteiger partial charge in [0.25, 0.3) is 0 Å². The highest BCUT2D eigenvalue weighted by Crippen LogP contribution is 2.16. The minimum Gasteiger partial charge on any atom is -0.318 e. The number of rotatable bonds is 3. The predicted molar refractivity (Wildman–Crippen MR) is 89.2 cm³/mol. The van der Waals surface area contributed by atoms with Crippen molar-refractivity contribution in [3.05, 3.63) is 53.0 Å². The van der Waals surface area contributed by atoms with Crippen molar-refractivity contribution in [1.82, 2.24) is 0 Å². The summed E-state index contributed by atoms with van der Waals surface area (Å²) in [4.78, 5) is 23.5. The minimum absolute atomic E-state index is 0.0888. The molecule has 0 aliphatic rings. The van der Waals surface area contributed by atoms with Gasteiger partial charge in [0.15, 0.2) is 0 Å². The Morgan fingerprint density at radius 2 is 1.48 bits per heavy atom. The van der Waals surface area contributed by atoms with E-state index >= 15 is 0 Å². The second-order valence-corrected chi connectivity index (χ2v) is 6.97. The molecule has 9 heteroatoms. The number of halogens is 1. The molecule has 0 bridgehead atoms. The van der Waals surface area contributed by atoms with E-state index in [1.807, 2.05) is 0 Å². The molecule has 2 aromatic carbocycles. The highest BCUT2D eigenvalue weighted by atomic mass is 79.9. The largest absolute Gasteiger partial charge is 0.318 e. The van der Waals surface area contributed by atoms with Crippen molar-refractivity contribution < 1.29 is 18.0 Å². The molecule has 0 unspecified atom stereocenters. The second kappa shape index (κ2) is 6.90. The van der Waals surface area contributed by atoms with Gasteiger partial charge in [-0.3, -0.25) is 9.59 Å². The molecule has 23 heavy (non-hydrogen) atoms. The third-order valence-corrected chi connectivity index (χ3v) is 4.15. The maximum Gasteiger partial charge on any atom is 0.314 e. The molecule has 2 aromatic rings. The van der Waals surface area contributed by atoms with Gasteiger partial charge in [0.1, 0.15) is 0 Å². The van der Waals surface area contributed by atoms with E-state index < -0.39 is 21.8 Å². The Balaban J connectivity index is 2.02. The topological polar surface area (TPSA) is 118 Å². The molecule has 120 valence electrons. The van der Waals surface area contributed by atoms with E-state index in [0.29, 0.717) is 5.69 Å². The molecule has 0 radical (unpaired) electrons. The second-order valence-electron chi connectivity index (χ2n) is 4.49. The molecule has 0 aliphatic heterocycles. The molecular weight excluding hydrogens is 386 g/mol. The molecule has 2 rings (SSSR count). The van der Waals surface area contributed by atoms with Crippen LogP contribution in [0, 0.1) is 0 Å². The Morgan fingerprint density at radius 3 is 2.00 bits per heavy atom. The number of nitrogens with one attached hydrogen (secondary N) is 2. The molecule has 0 aliphatic carbocycles. The number of carbonyl (C=O) groups is 2. The number of benzene rings is 2. The van der Waals surface area contributed by atoms with Crippen molar-refractivity contribution in [2.45, 2.75) is 4.90 Å². The van der Waals surface area contributed by atoms with E-state index in [-0.39, 0.29) is 10.6 Å². The van der Waals surface area contributed by atoms with E-state index in [4.69, 9.17) is 5.14 Å².